The number of sulfonamides is 1. The number of benzene rings is 1. The first-order valence-electron chi connectivity index (χ1n) is 6.74. The number of aromatic nitrogens is 2. The molecule has 1 unspecified atom stereocenters. The van der Waals surface area contributed by atoms with E-state index >= 15 is 0 Å². The van der Waals surface area contributed by atoms with Gasteiger partial charge in [-0.25, -0.2) is 12.8 Å². The lowest BCUT2D eigenvalue weighted by Gasteiger charge is -2.32. The topological polar surface area (TPSA) is 85.5 Å². The summed E-state index contributed by atoms with van der Waals surface area (Å²) < 4.78 is 50.6. The maximum Gasteiger partial charge on any atom is 0.245 e. The Morgan fingerprint density at radius 1 is 1.43 bits per heavy atom. The van der Waals surface area contributed by atoms with Gasteiger partial charge in [0, 0.05) is 13.5 Å². The van der Waals surface area contributed by atoms with Crippen molar-refractivity contribution < 1.29 is 22.1 Å². The summed E-state index contributed by atoms with van der Waals surface area (Å²) in [5.41, 5.74) is 0. The number of rotatable bonds is 3. The molecule has 1 aliphatic heterocycles. The molecular weight excluding hydrogens is 349 g/mol. The SMILES string of the molecule is Cc1nc(C2COCCN2S(=O)(=O)c2cc(F)ccc2Cl)no1. The van der Waals surface area contributed by atoms with Crippen LogP contribution >= 0.6 is 11.6 Å². The van der Waals surface area contributed by atoms with Gasteiger partial charge in [0.25, 0.3) is 0 Å². The molecule has 3 rings (SSSR count). The van der Waals surface area contributed by atoms with E-state index < -0.39 is 21.9 Å². The molecule has 0 saturated carbocycles. The first-order chi connectivity index (χ1) is 10.9. The van der Waals surface area contributed by atoms with Crippen molar-refractivity contribution in [3.8, 4) is 0 Å². The smallest absolute Gasteiger partial charge is 0.245 e. The fourth-order valence-corrected chi connectivity index (χ4v) is 4.37. The van der Waals surface area contributed by atoms with Gasteiger partial charge < -0.3 is 9.26 Å². The number of morpholine rings is 1. The summed E-state index contributed by atoms with van der Waals surface area (Å²) in [6.45, 7) is 1.96. The third-order valence-electron chi connectivity index (χ3n) is 3.40. The number of hydrogen-bond acceptors (Lipinski definition) is 6. The van der Waals surface area contributed by atoms with E-state index in [0.717, 1.165) is 16.4 Å². The predicted molar refractivity (Wildman–Crippen MR) is 77.9 cm³/mol. The molecule has 0 spiro atoms. The second-order valence-corrected chi connectivity index (χ2v) is 7.22. The first-order valence-corrected chi connectivity index (χ1v) is 8.56. The zero-order chi connectivity index (χ0) is 16.6. The largest absolute Gasteiger partial charge is 0.378 e. The highest BCUT2D eigenvalue weighted by molar-refractivity contribution is 7.89. The maximum absolute atomic E-state index is 13.5. The van der Waals surface area contributed by atoms with Crippen molar-refractivity contribution in [2.75, 3.05) is 19.8 Å². The van der Waals surface area contributed by atoms with Gasteiger partial charge in [-0.15, -0.1) is 0 Å². The lowest BCUT2D eigenvalue weighted by atomic mass is 10.2. The van der Waals surface area contributed by atoms with Crippen LogP contribution in [-0.4, -0.2) is 42.6 Å². The highest BCUT2D eigenvalue weighted by Crippen LogP contribution is 2.32. The molecule has 0 amide bonds. The molecule has 1 atom stereocenters. The van der Waals surface area contributed by atoms with Crippen LogP contribution < -0.4 is 0 Å². The van der Waals surface area contributed by atoms with Gasteiger partial charge in [0.1, 0.15) is 16.8 Å². The lowest BCUT2D eigenvalue weighted by molar-refractivity contribution is 0.0282. The van der Waals surface area contributed by atoms with Crippen LogP contribution in [0.15, 0.2) is 27.6 Å². The molecule has 0 aliphatic carbocycles. The molecule has 0 radical (unpaired) electrons. The molecule has 0 bridgehead atoms. The van der Waals surface area contributed by atoms with Crippen molar-refractivity contribution in [2.24, 2.45) is 0 Å². The van der Waals surface area contributed by atoms with Crippen LogP contribution in [0.1, 0.15) is 17.8 Å². The number of halogens is 2. The highest BCUT2D eigenvalue weighted by Gasteiger charge is 2.38. The molecule has 2 heterocycles. The van der Waals surface area contributed by atoms with Crippen molar-refractivity contribution in [3.63, 3.8) is 0 Å². The van der Waals surface area contributed by atoms with Crippen LogP contribution in [0, 0.1) is 12.7 Å². The van der Waals surface area contributed by atoms with Crippen LogP contribution in [0.25, 0.3) is 0 Å². The van der Waals surface area contributed by atoms with E-state index in [2.05, 4.69) is 10.1 Å². The summed E-state index contributed by atoms with van der Waals surface area (Å²) in [5.74, 6) is -0.182. The number of ether oxygens (including phenoxy) is 1. The van der Waals surface area contributed by atoms with Crippen molar-refractivity contribution in [2.45, 2.75) is 17.9 Å². The second-order valence-electron chi connectivity index (χ2n) is 4.95. The fourth-order valence-electron chi connectivity index (χ4n) is 2.33. The van der Waals surface area contributed by atoms with Crippen LogP contribution in [0.3, 0.4) is 0 Å². The molecule has 7 nitrogen and oxygen atoms in total. The van der Waals surface area contributed by atoms with E-state index in [-0.39, 0.29) is 35.5 Å². The summed E-state index contributed by atoms with van der Waals surface area (Å²) in [4.78, 5) is 3.76. The van der Waals surface area contributed by atoms with Crippen molar-refractivity contribution in [3.05, 3.63) is 40.8 Å². The van der Waals surface area contributed by atoms with Crippen LogP contribution in [0.4, 0.5) is 4.39 Å². The summed E-state index contributed by atoms with van der Waals surface area (Å²) in [6, 6.07) is 2.44. The van der Waals surface area contributed by atoms with Crippen molar-refractivity contribution in [1.29, 1.82) is 0 Å². The van der Waals surface area contributed by atoms with E-state index in [1.807, 2.05) is 0 Å². The van der Waals surface area contributed by atoms with Gasteiger partial charge in [0.2, 0.25) is 15.9 Å². The Labute approximate surface area is 137 Å². The van der Waals surface area contributed by atoms with Crippen LogP contribution in [0.2, 0.25) is 5.02 Å². The van der Waals surface area contributed by atoms with Gasteiger partial charge in [-0.05, 0) is 18.2 Å². The zero-order valence-corrected chi connectivity index (χ0v) is 13.6. The summed E-state index contributed by atoms with van der Waals surface area (Å²) >= 11 is 5.94. The number of nitrogens with zero attached hydrogens (tertiary/aromatic N) is 3. The molecule has 10 heteroatoms. The standard InChI is InChI=1S/C13H13ClFN3O4S/c1-8-16-13(17-22-8)11-7-21-5-4-18(11)23(19,20)12-6-9(15)2-3-10(12)14/h2-3,6,11H,4-5,7H2,1H3. The highest BCUT2D eigenvalue weighted by atomic mass is 35.5. The quantitative estimate of drug-likeness (QED) is 0.830. The molecule has 23 heavy (non-hydrogen) atoms. The summed E-state index contributed by atoms with van der Waals surface area (Å²) in [5, 5.41) is 3.70. The minimum Gasteiger partial charge on any atom is -0.378 e. The van der Waals surface area contributed by atoms with Gasteiger partial charge >= 0.3 is 0 Å². The van der Waals surface area contributed by atoms with Crippen LogP contribution in [0.5, 0.6) is 0 Å². The molecule has 1 saturated heterocycles. The Morgan fingerprint density at radius 3 is 2.91 bits per heavy atom. The summed E-state index contributed by atoms with van der Waals surface area (Å²) in [7, 11) is -4.04. The molecule has 124 valence electrons. The van der Waals surface area contributed by atoms with Gasteiger partial charge in [-0.2, -0.15) is 9.29 Å². The van der Waals surface area contributed by atoms with E-state index in [1.54, 1.807) is 6.92 Å². The molecule has 1 aromatic carbocycles. The summed E-state index contributed by atoms with van der Waals surface area (Å²) in [6.07, 6.45) is 0. The van der Waals surface area contributed by atoms with E-state index in [4.69, 9.17) is 20.9 Å². The monoisotopic (exact) mass is 361 g/mol. The molecule has 1 aromatic heterocycles. The Morgan fingerprint density at radius 2 is 2.22 bits per heavy atom. The van der Waals surface area contributed by atoms with Gasteiger partial charge in [0.05, 0.1) is 18.2 Å². The Bertz CT molecular complexity index is 826. The fraction of sp³-hybridized carbons (Fsp3) is 0.385. The molecular formula is C13H13ClFN3O4S. The lowest BCUT2D eigenvalue weighted by Crippen LogP contribution is -2.43. The third kappa shape index (κ3) is 3.09. The van der Waals surface area contributed by atoms with Crippen molar-refractivity contribution in [1.82, 2.24) is 14.4 Å². The number of aryl methyl sites for hydroxylation is 1. The van der Waals surface area contributed by atoms with Gasteiger partial charge in [-0.3, -0.25) is 0 Å². The van der Waals surface area contributed by atoms with Crippen molar-refractivity contribution >= 4 is 21.6 Å². The van der Waals surface area contributed by atoms with E-state index in [0.29, 0.717) is 5.89 Å². The predicted octanol–water partition coefficient (Wildman–Crippen LogP) is 1.93. The molecule has 2 aromatic rings. The minimum absolute atomic E-state index is 0.0547. The first kappa shape index (κ1) is 16.3. The average molecular weight is 362 g/mol. The maximum atomic E-state index is 13.5. The average Bonchev–Trinajstić information content (AvgIpc) is 2.96. The van der Waals surface area contributed by atoms with Gasteiger partial charge in [0.15, 0.2) is 5.82 Å². The third-order valence-corrected chi connectivity index (χ3v) is 5.79. The Hall–Kier alpha value is -1.55. The Balaban J connectivity index is 2.04. The number of hydrogen-bond donors (Lipinski definition) is 0. The van der Waals surface area contributed by atoms with E-state index in [1.165, 1.54) is 6.07 Å². The minimum atomic E-state index is -4.04. The second kappa shape index (κ2) is 6.16. The van der Waals surface area contributed by atoms with E-state index in [9.17, 15) is 12.8 Å². The van der Waals surface area contributed by atoms with Gasteiger partial charge in [-0.1, -0.05) is 16.8 Å². The normalized spacial score (nSPS) is 19.9. The zero-order valence-electron chi connectivity index (χ0n) is 12.1. The Kier molecular flexibility index (Phi) is 4.37. The molecule has 0 N–H and O–H groups in total. The molecule has 1 fully saturated rings. The van der Waals surface area contributed by atoms with Crippen LogP contribution in [-0.2, 0) is 14.8 Å². The molecule has 1 aliphatic rings.